The number of benzene rings is 2. The van der Waals surface area contributed by atoms with E-state index in [1.54, 1.807) is 0 Å². The second kappa shape index (κ2) is 6.45. The molecule has 1 aliphatic carbocycles. The molecule has 0 atom stereocenters. The molecule has 0 N–H and O–H groups in total. The zero-order valence-corrected chi connectivity index (χ0v) is 12.6. The molecule has 0 amide bonds. The molecule has 0 unspecified atom stereocenters. The van der Waals surface area contributed by atoms with Crippen LogP contribution in [0.15, 0.2) is 48.0 Å². The molecular formula is C19H21Cl. The van der Waals surface area contributed by atoms with Crippen molar-refractivity contribution in [3.8, 4) is 0 Å². The SMILES string of the molecule is ClC/C(=C/c1cccc2ccccc12)C1CCCCC1. The highest BCUT2D eigenvalue weighted by Gasteiger charge is 2.17. The predicted molar refractivity (Wildman–Crippen MR) is 89.2 cm³/mol. The van der Waals surface area contributed by atoms with E-state index >= 15 is 0 Å². The van der Waals surface area contributed by atoms with Gasteiger partial charge in [0, 0.05) is 5.88 Å². The van der Waals surface area contributed by atoms with Crippen molar-refractivity contribution in [2.24, 2.45) is 5.92 Å². The van der Waals surface area contributed by atoms with Crippen molar-refractivity contribution in [1.82, 2.24) is 0 Å². The van der Waals surface area contributed by atoms with Gasteiger partial charge >= 0.3 is 0 Å². The third-order valence-electron chi connectivity index (χ3n) is 4.45. The standard InChI is InChI=1S/C19H21Cl/c20-14-18(15-7-2-1-3-8-15)13-17-11-6-10-16-9-4-5-12-19(16)17/h4-6,9-13,15H,1-3,7-8,14H2/b18-13-. The summed E-state index contributed by atoms with van der Waals surface area (Å²) in [5.41, 5.74) is 2.73. The van der Waals surface area contributed by atoms with E-state index in [1.165, 1.54) is 54.0 Å². The van der Waals surface area contributed by atoms with Gasteiger partial charge in [-0.3, -0.25) is 0 Å². The van der Waals surface area contributed by atoms with Crippen molar-refractivity contribution in [1.29, 1.82) is 0 Å². The molecule has 0 bridgehead atoms. The van der Waals surface area contributed by atoms with E-state index in [0.717, 1.165) is 0 Å². The topological polar surface area (TPSA) is 0 Å². The van der Waals surface area contributed by atoms with Gasteiger partial charge in [-0.1, -0.05) is 73.4 Å². The molecule has 2 aromatic carbocycles. The Labute approximate surface area is 126 Å². The van der Waals surface area contributed by atoms with Gasteiger partial charge in [0.2, 0.25) is 0 Å². The van der Waals surface area contributed by atoms with Crippen LogP contribution in [0.2, 0.25) is 0 Å². The summed E-state index contributed by atoms with van der Waals surface area (Å²) in [6.45, 7) is 0. The number of halogens is 1. The maximum Gasteiger partial charge on any atom is 0.0439 e. The van der Waals surface area contributed by atoms with E-state index in [9.17, 15) is 0 Å². The van der Waals surface area contributed by atoms with Crippen LogP contribution in [0, 0.1) is 5.92 Å². The van der Waals surface area contributed by atoms with Crippen LogP contribution in [0.1, 0.15) is 37.7 Å². The van der Waals surface area contributed by atoms with E-state index in [4.69, 9.17) is 11.6 Å². The second-order valence-corrected chi connectivity index (χ2v) is 6.02. The largest absolute Gasteiger partial charge is 0.122 e. The van der Waals surface area contributed by atoms with Gasteiger partial charge in [-0.25, -0.2) is 0 Å². The number of hydrogen-bond donors (Lipinski definition) is 0. The first-order valence-corrected chi connectivity index (χ1v) is 8.16. The lowest BCUT2D eigenvalue weighted by molar-refractivity contribution is 0.405. The number of alkyl halides is 1. The number of fused-ring (bicyclic) bond motifs is 1. The Morgan fingerprint density at radius 3 is 2.55 bits per heavy atom. The van der Waals surface area contributed by atoms with E-state index in [-0.39, 0.29) is 0 Å². The highest BCUT2D eigenvalue weighted by Crippen LogP contribution is 2.32. The monoisotopic (exact) mass is 284 g/mol. The Morgan fingerprint density at radius 1 is 1.00 bits per heavy atom. The molecule has 1 saturated carbocycles. The Morgan fingerprint density at radius 2 is 1.75 bits per heavy atom. The summed E-state index contributed by atoms with van der Waals surface area (Å²) in [6, 6.07) is 15.1. The smallest absolute Gasteiger partial charge is 0.0439 e. The number of allylic oxidation sites excluding steroid dienone is 1. The Kier molecular flexibility index (Phi) is 4.42. The lowest BCUT2D eigenvalue weighted by atomic mass is 9.83. The third-order valence-corrected chi connectivity index (χ3v) is 4.76. The van der Waals surface area contributed by atoms with Gasteiger partial charge in [0.25, 0.3) is 0 Å². The lowest BCUT2D eigenvalue weighted by Crippen LogP contribution is -2.10. The van der Waals surface area contributed by atoms with Crippen LogP contribution >= 0.6 is 11.6 Å². The fourth-order valence-electron chi connectivity index (χ4n) is 3.31. The molecule has 1 heteroatoms. The fraction of sp³-hybridized carbons (Fsp3) is 0.368. The zero-order valence-electron chi connectivity index (χ0n) is 11.8. The van der Waals surface area contributed by atoms with Gasteiger partial charge in [-0.2, -0.15) is 0 Å². The van der Waals surface area contributed by atoms with Gasteiger partial charge in [0.15, 0.2) is 0 Å². The summed E-state index contributed by atoms with van der Waals surface area (Å²) in [5.74, 6) is 1.36. The summed E-state index contributed by atoms with van der Waals surface area (Å²) in [4.78, 5) is 0. The second-order valence-electron chi connectivity index (χ2n) is 5.76. The van der Waals surface area contributed by atoms with Crippen LogP contribution < -0.4 is 0 Å². The maximum absolute atomic E-state index is 6.23. The van der Waals surface area contributed by atoms with Crippen LogP contribution in [0.25, 0.3) is 16.8 Å². The average molecular weight is 285 g/mol. The van der Waals surface area contributed by atoms with Crippen molar-refractivity contribution in [2.75, 3.05) is 5.88 Å². The molecule has 0 heterocycles. The summed E-state index contributed by atoms with van der Waals surface area (Å²) in [5, 5.41) is 2.63. The van der Waals surface area contributed by atoms with Crippen molar-refractivity contribution in [3.05, 3.63) is 53.6 Å². The molecule has 2 aromatic rings. The molecular weight excluding hydrogens is 264 g/mol. The van der Waals surface area contributed by atoms with Crippen LogP contribution in [0.3, 0.4) is 0 Å². The van der Waals surface area contributed by atoms with Crippen LogP contribution in [0.5, 0.6) is 0 Å². The zero-order chi connectivity index (χ0) is 13.8. The van der Waals surface area contributed by atoms with Crippen LogP contribution in [0.4, 0.5) is 0 Å². The van der Waals surface area contributed by atoms with Crippen LogP contribution in [-0.2, 0) is 0 Å². The van der Waals surface area contributed by atoms with Gasteiger partial charge in [-0.05, 0) is 35.1 Å². The molecule has 104 valence electrons. The maximum atomic E-state index is 6.23. The molecule has 3 rings (SSSR count). The molecule has 0 radical (unpaired) electrons. The summed E-state index contributed by atoms with van der Waals surface area (Å²) in [6.07, 6.45) is 9.06. The highest BCUT2D eigenvalue weighted by atomic mass is 35.5. The number of rotatable bonds is 3. The van der Waals surface area contributed by atoms with E-state index < -0.39 is 0 Å². The Balaban J connectivity index is 1.98. The van der Waals surface area contributed by atoms with Crippen molar-refractivity contribution >= 4 is 28.4 Å². The van der Waals surface area contributed by atoms with Gasteiger partial charge in [-0.15, -0.1) is 11.6 Å². The summed E-state index contributed by atoms with van der Waals surface area (Å²) >= 11 is 6.23. The molecule has 0 nitrogen and oxygen atoms in total. The van der Waals surface area contributed by atoms with E-state index in [0.29, 0.717) is 11.8 Å². The first-order chi connectivity index (χ1) is 9.88. The minimum Gasteiger partial charge on any atom is -0.122 e. The molecule has 0 spiro atoms. The minimum atomic E-state index is 0.661. The minimum absolute atomic E-state index is 0.661. The number of hydrogen-bond acceptors (Lipinski definition) is 0. The molecule has 1 aliphatic rings. The highest BCUT2D eigenvalue weighted by molar-refractivity contribution is 6.19. The fourth-order valence-corrected chi connectivity index (χ4v) is 3.61. The first-order valence-electron chi connectivity index (χ1n) is 7.62. The van der Waals surface area contributed by atoms with Gasteiger partial charge < -0.3 is 0 Å². The van der Waals surface area contributed by atoms with E-state index in [1.807, 2.05) is 0 Å². The van der Waals surface area contributed by atoms with Crippen LogP contribution in [-0.4, -0.2) is 5.88 Å². The quantitative estimate of drug-likeness (QED) is 0.603. The lowest BCUT2D eigenvalue weighted by Gasteiger charge is -2.23. The van der Waals surface area contributed by atoms with Gasteiger partial charge in [0.1, 0.15) is 0 Å². The first kappa shape index (κ1) is 13.7. The molecule has 0 saturated heterocycles. The summed E-state index contributed by atoms with van der Waals surface area (Å²) < 4.78 is 0. The van der Waals surface area contributed by atoms with E-state index in [2.05, 4.69) is 48.5 Å². The molecule has 1 fully saturated rings. The molecule has 0 aliphatic heterocycles. The third kappa shape index (κ3) is 2.91. The predicted octanol–water partition coefficient (Wildman–Crippen LogP) is 6.04. The molecule has 0 aromatic heterocycles. The normalized spacial score (nSPS) is 17.6. The average Bonchev–Trinajstić information content (AvgIpc) is 2.53. The Bertz CT molecular complexity index is 601. The Hall–Kier alpha value is -1.27. The molecule has 20 heavy (non-hydrogen) atoms. The van der Waals surface area contributed by atoms with Crippen molar-refractivity contribution < 1.29 is 0 Å². The summed E-state index contributed by atoms with van der Waals surface area (Å²) in [7, 11) is 0. The van der Waals surface area contributed by atoms with Crippen molar-refractivity contribution in [2.45, 2.75) is 32.1 Å². The van der Waals surface area contributed by atoms with Crippen molar-refractivity contribution in [3.63, 3.8) is 0 Å². The van der Waals surface area contributed by atoms with Gasteiger partial charge in [0.05, 0.1) is 0 Å².